The van der Waals surface area contributed by atoms with Crippen LogP contribution in [0, 0.1) is 0 Å². The second-order valence-corrected chi connectivity index (χ2v) is 5.31. The monoisotopic (exact) mass is 224 g/mol. The second-order valence-electron chi connectivity index (χ2n) is 2.94. The molecule has 0 spiro atoms. The molecule has 0 unspecified atom stereocenters. The third kappa shape index (κ3) is 2.26. The molecule has 14 heavy (non-hydrogen) atoms. The summed E-state index contributed by atoms with van der Waals surface area (Å²) in [4.78, 5) is 4.53. The molecule has 2 rings (SSSR count). The van der Waals surface area contributed by atoms with Gasteiger partial charge in [0.15, 0.2) is 4.34 Å². The average molecular weight is 224 g/mol. The molecule has 0 aliphatic rings. The van der Waals surface area contributed by atoms with E-state index in [1.54, 1.807) is 23.1 Å². The van der Waals surface area contributed by atoms with Crippen molar-refractivity contribution in [3.05, 3.63) is 24.3 Å². The lowest BCUT2D eigenvalue weighted by Gasteiger charge is -1.92. The molecular formula is C10H12N2S2. The van der Waals surface area contributed by atoms with Crippen LogP contribution in [0.25, 0.3) is 10.2 Å². The van der Waals surface area contributed by atoms with Gasteiger partial charge in [-0.25, -0.2) is 4.98 Å². The van der Waals surface area contributed by atoms with Crippen LogP contribution in [0.15, 0.2) is 28.6 Å². The number of hydrogen-bond acceptors (Lipinski definition) is 4. The Balaban J connectivity index is 2.11. The number of aromatic nitrogens is 1. The molecule has 2 N–H and O–H groups in total. The van der Waals surface area contributed by atoms with Gasteiger partial charge in [-0.2, -0.15) is 0 Å². The fraction of sp³-hybridized carbons (Fsp3) is 0.300. The van der Waals surface area contributed by atoms with Crippen LogP contribution in [0.4, 0.5) is 0 Å². The predicted molar refractivity (Wildman–Crippen MR) is 64.0 cm³/mol. The summed E-state index contributed by atoms with van der Waals surface area (Å²) in [6, 6.07) is 8.24. The molecule has 74 valence electrons. The van der Waals surface area contributed by atoms with Crippen molar-refractivity contribution in [1.82, 2.24) is 4.98 Å². The highest BCUT2D eigenvalue weighted by Crippen LogP contribution is 2.29. The van der Waals surface area contributed by atoms with Crippen LogP contribution in [0.3, 0.4) is 0 Å². The van der Waals surface area contributed by atoms with E-state index in [4.69, 9.17) is 5.73 Å². The number of nitrogens with two attached hydrogens (primary N) is 1. The van der Waals surface area contributed by atoms with E-state index < -0.39 is 0 Å². The van der Waals surface area contributed by atoms with Crippen LogP contribution < -0.4 is 5.73 Å². The lowest BCUT2D eigenvalue weighted by atomic mass is 10.3. The maximum atomic E-state index is 5.44. The van der Waals surface area contributed by atoms with E-state index in [2.05, 4.69) is 23.2 Å². The lowest BCUT2D eigenvalue weighted by molar-refractivity contribution is 0.942. The fourth-order valence-electron chi connectivity index (χ4n) is 1.16. The van der Waals surface area contributed by atoms with Gasteiger partial charge in [0.1, 0.15) is 0 Å². The summed E-state index contributed by atoms with van der Waals surface area (Å²) in [5.41, 5.74) is 6.54. The smallest absolute Gasteiger partial charge is 0.151 e. The van der Waals surface area contributed by atoms with E-state index in [0.29, 0.717) is 0 Å². The average Bonchev–Trinajstić information content (AvgIpc) is 2.60. The highest BCUT2D eigenvalue weighted by molar-refractivity contribution is 8.01. The van der Waals surface area contributed by atoms with Gasteiger partial charge in [-0.05, 0) is 25.1 Å². The minimum Gasteiger partial charge on any atom is -0.330 e. The minimum atomic E-state index is 0.762. The van der Waals surface area contributed by atoms with Gasteiger partial charge in [-0.1, -0.05) is 23.9 Å². The lowest BCUT2D eigenvalue weighted by Crippen LogP contribution is -1.98. The summed E-state index contributed by atoms with van der Waals surface area (Å²) >= 11 is 3.56. The zero-order valence-electron chi connectivity index (χ0n) is 7.77. The molecule has 1 aromatic heterocycles. The molecule has 0 fully saturated rings. The SMILES string of the molecule is NCCCSc1nc2ccccc2s1. The molecule has 1 aromatic carbocycles. The molecule has 2 nitrogen and oxygen atoms in total. The van der Waals surface area contributed by atoms with Crippen LogP contribution in [0.1, 0.15) is 6.42 Å². The minimum absolute atomic E-state index is 0.762. The first kappa shape index (κ1) is 9.96. The number of benzene rings is 1. The van der Waals surface area contributed by atoms with Gasteiger partial charge in [-0.15, -0.1) is 11.3 Å². The number of hydrogen-bond donors (Lipinski definition) is 1. The molecule has 2 aromatic rings. The highest BCUT2D eigenvalue weighted by atomic mass is 32.2. The summed E-state index contributed by atoms with van der Waals surface area (Å²) in [5.74, 6) is 1.07. The standard InChI is InChI=1S/C10H12N2S2/c11-6-3-7-13-10-12-8-4-1-2-5-9(8)14-10/h1-2,4-5H,3,6-7,11H2. The van der Waals surface area contributed by atoms with Gasteiger partial charge in [0.2, 0.25) is 0 Å². The number of fused-ring (bicyclic) bond motifs is 1. The predicted octanol–water partition coefficient (Wildman–Crippen LogP) is 2.74. The summed E-state index contributed by atoms with van der Waals surface area (Å²) in [6.45, 7) is 0.762. The van der Waals surface area contributed by atoms with Gasteiger partial charge in [0.25, 0.3) is 0 Å². The zero-order chi connectivity index (χ0) is 9.80. The highest BCUT2D eigenvalue weighted by Gasteiger charge is 2.02. The van der Waals surface area contributed by atoms with Gasteiger partial charge < -0.3 is 5.73 Å². The topological polar surface area (TPSA) is 38.9 Å². The quantitative estimate of drug-likeness (QED) is 0.641. The fourth-order valence-corrected chi connectivity index (χ4v) is 3.26. The summed E-state index contributed by atoms with van der Waals surface area (Å²) in [5, 5.41) is 0. The Bertz CT molecular complexity index is 378. The maximum Gasteiger partial charge on any atom is 0.151 e. The molecule has 0 atom stereocenters. The van der Waals surface area contributed by atoms with E-state index in [0.717, 1.165) is 28.6 Å². The Morgan fingerprint density at radius 3 is 3.00 bits per heavy atom. The number of nitrogens with zero attached hydrogens (tertiary/aromatic N) is 1. The van der Waals surface area contributed by atoms with Crippen molar-refractivity contribution in [1.29, 1.82) is 0 Å². The Kier molecular flexibility index (Phi) is 3.39. The van der Waals surface area contributed by atoms with Crippen molar-refractivity contribution in [3.63, 3.8) is 0 Å². The molecule has 0 radical (unpaired) electrons. The number of para-hydroxylation sites is 1. The van der Waals surface area contributed by atoms with Crippen molar-refractivity contribution in [2.75, 3.05) is 12.3 Å². The normalized spacial score (nSPS) is 10.9. The Morgan fingerprint density at radius 2 is 2.21 bits per heavy atom. The van der Waals surface area contributed by atoms with E-state index >= 15 is 0 Å². The molecule has 0 amide bonds. The van der Waals surface area contributed by atoms with E-state index in [9.17, 15) is 0 Å². The van der Waals surface area contributed by atoms with Crippen molar-refractivity contribution in [2.45, 2.75) is 10.8 Å². The van der Waals surface area contributed by atoms with Crippen LogP contribution in [-0.2, 0) is 0 Å². The van der Waals surface area contributed by atoms with E-state index in [1.165, 1.54) is 4.70 Å². The third-order valence-corrected chi connectivity index (χ3v) is 4.11. The Morgan fingerprint density at radius 1 is 1.36 bits per heavy atom. The van der Waals surface area contributed by atoms with Gasteiger partial charge >= 0.3 is 0 Å². The van der Waals surface area contributed by atoms with Gasteiger partial charge in [-0.3, -0.25) is 0 Å². The van der Waals surface area contributed by atoms with Crippen molar-refractivity contribution in [2.24, 2.45) is 5.73 Å². The molecule has 0 saturated carbocycles. The Hall–Kier alpha value is -0.580. The first-order valence-electron chi connectivity index (χ1n) is 4.58. The molecule has 0 saturated heterocycles. The van der Waals surface area contributed by atoms with E-state index in [1.807, 2.05) is 6.07 Å². The van der Waals surface area contributed by atoms with Crippen molar-refractivity contribution in [3.8, 4) is 0 Å². The molecule has 1 heterocycles. The number of rotatable bonds is 4. The zero-order valence-corrected chi connectivity index (χ0v) is 9.40. The van der Waals surface area contributed by atoms with Crippen LogP contribution in [0.2, 0.25) is 0 Å². The van der Waals surface area contributed by atoms with Crippen molar-refractivity contribution >= 4 is 33.3 Å². The van der Waals surface area contributed by atoms with Crippen molar-refractivity contribution < 1.29 is 0 Å². The molecular weight excluding hydrogens is 212 g/mol. The van der Waals surface area contributed by atoms with Gasteiger partial charge in [0.05, 0.1) is 10.2 Å². The number of thioether (sulfide) groups is 1. The molecule has 4 heteroatoms. The second kappa shape index (κ2) is 4.77. The van der Waals surface area contributed by atoms with Crippen LogP contribution >= 0.6 is 23.1 Å². The van der Waals surface area contributed by atoms with E-state index in [-0.39, 0.29) is 0 Å². The van der Waals surface area contributed by atoms with Crippen LogP contribution in [-0.4, -0.2) is 17.3 Å². The first-order chi connectivity index (χ1) is 6.90. The molecule has 0 bridgehead atoms. The van der Waals surface area contributed by atoms with Gasteiger partial charge in [0, 0.05) is 5.75 Å². The Labute approximate surface area is 91.5 Å². The summed E-state index contributed by atoms with van der Waals surface area (Å²) in [6.07, 6.45) is 1.06. The molecule has 0 aliphatic carbocycles. The van der Waals surface area contributed by atoms with Crippen LogP contribution in [0.5, 0.6) is 0 Å². The summed E-state index contributed by atoms with van der Waals surface area (Å²) in [7, 11) is 0. The largest absolute Gasteiger partial charge is 0.330 e. The summed E-state index contributed by atoms with van der Waals surface area (Å²) < 4.78 is 2.42. The third-order valence-electron chi connectivity index (χ3n) is 1.85. The molecule has 0 aliphatic heterocycles. The first-order valence-corrected chi connectivity index (χ1v) is 6.39. The number of thiazole rings is 1. The maximum absolute atomic E-state index is 5.44.